The Kier molecular flexibility index (Phi) is 9.82. The van der Waals surface area contributed by atoms with Crippen molar-refractivity contribution in [3.05, 3.63) is 88.9 Å². The van der Waals surface area contributed by atoms with Gasteiger partial charge in [0.2, 0.25) is 11.8 Å². The Morgan fingerprint density at radius 2 is 1.70 bits per heavy atom. The number of amides is 2. The zero-order valence-electron chi connectivity index (χ0n) is 25.7. The number of carboxylic acids is 1. The quantitative estimate of drug-likeness (QED) is 0.241. The largest absolute Gasteiger partial charge is 0.481 e. The number of aromatic nitrogens is 3. The summed E-state index contributed by atoms with van der Waals surface area (Å²) in [4.78, 5) is 41.7. The predicted molar refractivity (Wildman–Crippen MR) is 162 cm³/mol. The third kappa shape index (κ3) is 7.91. The summed E-state index contributed by atoms with van der Waals surface area (Å²) in [6, 6.07) is 14.2. The summed E-state index contributed by atoms with van der Waals surface area (Å²) >= 11 is 0. The number of piperazine rings is 1. The fraction of sp³-hybridized carbons (Fsp3) is 0.344. The summed E-state index contributed by atoms with van der Waals surface area (Å²) in [5, 5.41) is 20.3. The van der Waals surface area contributed by atoms with Crippen LogP contribution in [0.3, 0.4) is 0 Å². The van der Waals surface area contributed by atoms with Crippen molar-refractivity contribution in [1.29, 1.82) is 0 Å². The van der Waals surface area contributed by atoms with Gasteiger partial charge in [-0.15, -0.1) is 0 Å². The maximum atomic E-state index is 13.6. The van der Waals surface area contributed by atoms with Gasteiger partial charge in [-0.1, -0.05) is 29.4 Å². The number of nitrogens with one attached hydrogen (secondary N) is 1. The van der Waals surface area contributed by atoms with Crippen LogP contribution in [0, 0.1) is 13.8 Å². The number of carbonyl (C=O) groups is 3. The topological polar surface area (TPSA) is 143 Å². The smallest absolute Gasteiger partial charge is 0.416 e. The van der Waals surface area contributed by atoms with Crippen LogP contribution in [0.15, 0.2) is 65.2 Å². The number of alkyl halides is 3. The summed E-state index contributed by atoms with van der Waals surface area (Å²) in [7, 11) is 0. The second-order valence-electron chi connectivity index (χ2n) is 11.0. The van der Waals surface area contributed by atoms with Gasteiger partial charge >= 0.3 is 12.1 Å². The van der Waals surface area contributed by atoms with E-state index in [-0.39, 0.29) is 57.2 Å². The number of rotatable bonds is 11. The highest BCUT2D eigenvalue weighted by Gasteiger charge is 2.33. The molecule has 1 atom stereocenters. The number of ether oxygens (including phenoxy) is 1. The Labute approximate surface area is 267 Å². The first kappa shape index (κ1) is 33.0. The number of para-hydroxylation sites is 1. The van der Waals surface area contributed by atoms with Crippen molar-refractivity contribution in [2.45, 2.75) is 45.5 Å². The second kappa shape index (κ2) is 14.0. The van der Waals surface area contributed by atoms with Gasteiger partial charge in [-0.05, 0) is 50.6 Å². The number of anilines is 1. The van der Waals surface area contributed by atoms with Crippen molar-refractivity contribution >= 4 is 23.5 Å². The first-order valence-corrected chi connectivity index (χ1v) is 14.8. The monoisotopic (exact) mass is 654 g/mol. The molecular weight excluding hydrogens is 621 g/mol. The Morgan fingerprint density at radius 1 is 1.00 bits per heavy atom. The number of aryl methyl sites for hydroxylation is 2. The van der Waals surface area contributed by atoms with Crippen LogP contribution < -0.4 is 15.0 Å². The number of hydrogen-bond donors (Lipinski definition) is 2. The molecule has 0 saturated carbocycles. The van der Waals surface area contributed by atoms with E-state index in [4.69, 9.17) is 9.26 Å². The number of carboxylic acid groups (broad SMARTS) is 1. The molecule has 0 spiro atoms. The summed E-state index contributed by atoms with van der Waals surface area (Å²) in [6.45, 7) is 4.45. The van der Waals surface area contributed by atoms with E-state index in [0.29, 0.717) is 22.8 Å². The van der Waals surface area contributed by atoms with Gasteiger partial charge in [0.15, 0.2) is 5.69 Å². The van der Waals surface area contributed by atoms with E-state index in [1.807, 2.05) is 6.07 Å². The number of aliphatic carboxylic acids is 1. The average Bonchev–Trinajstić information content (AvgIpc) is 3.63. The summed E-state index contributed by atoms with van der Waals surface area (Å²) in [6.07, 6.45) is -5.05. The minimum Gasteiger partial charge on any atom is -0.481 e. The Hall–Kier alpha value is -5.34. The lowest BCUT2D eigenvalue weighted by Gasteiger charge is -2.37. The molecule has 2 aromatic carbocycles. The molecule has 47 heavy (non-hydrogen) atoms. The van der Waals surface area contributed by atoms with Crippen LogP contribution in [0.1, 0.15) is 45.9 Å². The maximum Gasteiger partial charge on any atom is 0.416 e. The lowest BCUT2D eigenvalue weighted by Crippen LogP contribution is -2.55. The van der Waals surface area contributed by atoms with Crippen LogP contribution in [-0.4, -0.2) is 74.9 Å². The SMILES string of the molecule is Cc1noc(C)c1COc1cc(C(=O)N[C@@H](CCC(=O)O)C(=O)N2CCN(c3cccc(C(F)(F)F)c3)CC2)nn1-c1ccccc1. The van der Waals surface area contributed by atoms with E-state index < -0.39 is 35.6 Å². The molecule has 3 heterocycles. The van der Waals surface area contributed by atoms with Crippen LogP contribution in [0.4, 0.5) is 18.9 Å². The van der Waals surface area contributed by atoms with Crippen molar-refractivity contribution in [2.75, 3.05) is 31.1 Å². The normalized spacial score (nSPS) is 14.1. The fourth-order valence-corrected chi connectivity index (χ4v) is 5.23. The van der Waals surface area contributed by atoms with E-state index in [0.717, 1.165) is 17.7 Å². The summed E-state index contributed by atoms with van der Waals surface area (Å²) in [5.74, 6) is -1.54. The van der Waals surface area contributed by atoms with Gasteiger partial charge in [-0.3, -0.25) is 14.4 Å². The summed E-state index contributed by atoms with van der Waals surface area (Å²) in [5.41, 5.74) is 1.55. The molecule has 5 rings (SSSR count). The number of hydrogen-bond acceptors (Lipinski definition) is 8. The molecule has 1 aliphatic rings. The first-order valence-electron chi connectivity index (χ1n) is 14.8. The average molecular weight is 655 g/mol. The number of halogens is 3. The lowest BCUT2D eigenvalue weighted by atomic mass is 10.1. The molecule has 12 nitrogen and oxygen atoms in total. The van der Waals surface area contributed by atoms with Crippen molar-refractivity contribution < 1.29 is 41.9 Å². The van der Waals surface area contributed by atoms with Crippen molar-refractivity contribution in [3.63, 3.8) is 0 Å². The minimum atomic E-state index is -4.48. The molecule has 15 heteroatoms. The van der Waals surface area contributed by atoms with Gasteiger partial charge in [0.25, 0.3) is 5.91 Å². The third-order valence-electron chi connectivity index (χ3n) is 7.84. The number of carbonyl (C=O) groups excluding carboxylic acids is 2. The van der Waals surface area contributed by atoms with Crippen molar-refractivity contribution in [2.24, 2.45) is 0 Å². The van der Waals surface area contributed by atoms with E-state index in [9.17, 15) is 32.7 Å². The molecule has 2 aromatic heterocycles. The van der Waals surface area contributed by atoms with Crippen LogP contribution in [-0.2, 0) is 22.4 Å². The highest BCUT2D eigenvalue weighted by atomic mass is 19.4. The maximum absolute atomic E-state index is 13.6. The molecule has 0 aliphatic carbocycles. The first-order chi connectivity index (χ1) is 22.4. The van der Waals surface area contributed by atoms with Gasteiger partial charge in [0.1, 0.15) is 18.4 Å². The Morgan fingerprint density at radius 3 is 2.34 bits per heavy atom. The van der Waals surface area contributed by atoms with Crippen LogP contribution >= 0.6 is 0 Å². The zero-order chi connectivity index (χ0) is 33.7. The predicted octanol–water partition coefficient (Wildman–Crippen LogP) is 4.39. The van der Waals surface area contributed by atoms with Crippen LogP contribution in [0.25, 0.3) is 5.69 Å². The standard InChI is InChI=1S/C32H33F3N6O6/c1-20-25(21(2)47-38-20)19-46-28-18-27(37-41(28)23-8-4-3-5-9-23)30(44)36-26(11-12-29(42)43)31(45)40-15-13-39(14-16-40)24-10-6-7-22(17-24)32(33,34)35/h3-10,17-18,26H,11-16,19H2,1-2H3,(H,36,44)(H,42,43)/t26-/m0/s1. The minimum absolute atomic E-state index is 0.0647. The van der Waals surface area contributed by atoms with E-state index in [1.165, 1.54) is 21.7 Å². The lowest BCUT2D eigenvalue weighted by molar-refractivity contribution is -0.138. The van der Waals surface area contributed by atoms with Crippen molar-refractivity contribution in [3.8, 4) is 11.6 Å². The highest BCUT2D eigenvalue weighted by Crippen LogP contribution is 2.32. The fourth-order valence-electron chi connectivity index (χ4n) is 5.23. The number of benzene rings is 2. The van der Waals surface area contributed by atoms with Gasteiger partial charge < -0.3 is 29.5 Å². The molecule has 0 unspecified atom stereocenters. The molecule has 248 valence electrons. The van der Waals surface area contributed by atoms with E-state index in [2.05, 4.69) is 15.6 Å². The van der Waals surface area contributed by atoms with Gasteiger partial charge in [0.05, 0.1) is 22.5 Å². The number of nitrogens with zero attached hydrogens (tertiary/aromatic N) is 5. The third-order valence-corrected chi connectivity index (χ3v) is 7.84. The van der Waals surface area contributed by atoms with E-state index in [1.54, 1.807) is 49.1 Å². The molecule has 1 aliphatic heterocycles. The molecule has 1 saturated heterocycles. The van der Waals surface area contributed by atoms with E-state index >= 15 is 0 Å². The van der Waals surface area contributed by atoms with Crippen LogP contribution in [0.2, 0.25) is 0 Å². The molecule has 1 fully saturated rings. The van der Waals surface area contributed by atoms with Crippen LogP contribution in [0.5, 0.6) is 5.88 Å². The molecule has 0 radical (unpaired) electrons. The van der Waals surface area contributed by atoms with Gasteiger partial charge in [0, 0.05) is 44.4 Å². The Balaban J connectivity index is 1.31. The Bertz CT molecular complexity index is 1710. The molecular formula is C32H33F3N6O6. The summed E-state index contributed by atoms with van der Waals surface area (Å²) < 4.78 is 52.3. The molecule has 2 N–H and O–H groups in total. The molecule has 4 aromatic rings. The molecule has 0 bridgehead atoms. The highest BCUT2D eigenvalue weighted by molar-refractivity contribution is 5.96. The van der Waals surface area contributed by atoms with Crippen molar-refractivity contribution in [1.82, 2.24) is 25.2 Å². The van der Waals surface area contributed by atoms with Gasteiger partial charge in [-0.2, -0.15) is 18.3 Å². The second-order valence-corrected chi connectivity index (χ2v) is 11.0. The molecule has 2 amide bonds. The van der Waals surface area contributed by atoms with Gasteiger partial charge in [-0.25, -0.2) is 4.68 Å². The zero-order valence-corrected chi connectivity index (χ0v) is 25.7.